The molecule has 1 aromatic rings. The number of carbonyl (C=O) groups excluding carboxylic acids is 1. The Balaban J connectivity index is 1.58. The topological polar surface area (TPSA) is 53.6 Å². The minimum atomic E-state index is -0.0528. The van der Waals surface area contributed by atoms with Gasteiger partial charge >= 0.3 is 6.03 Å². The van der Waals surface area contributed by atoms with Crippen molar-refractivity contribution >= 4 is 6.03 Å². The fourth-order valence-electron chi connectivity index (χ4n) is 2.83. The van der Waals surface area contributed by atoms with Crippen LogP contribution in [-0.2, 0) is 11.3 Å². The molecule has 1 saturated heterocycles. The van der Waals surface area contributed by atoms with Crippen LogP contribution >= 0.6 is 0 Å². The third-order valence-electron chi connectivity index (χ3n) is 4.13. The van der Waals surface area contributed by atoms with Crippen molar-refractivity contribution in [3.05, 3.63) is 35.9 Å². The molecular formula is C18H29N3O2. The molecule has 0 aliphatic carbocycles. The maximum atomic E-state index is 11.8. The number of hydrogen-bond acceptors (Lipinski definition) is 3. The Kier molecular flexibility index (Phi) is 7.90. The van der Waals surface area contributed by atoms with Crippen molar-refractivity contribution in [2.45, 2.75) is 38.8 Å². The zero-order valence-corrected chi connectivity index (χ0v) is 14.1. The van der Waals surface area contributed by atoms with Crippen LogP contribution in [0.3, 0.4) is 0 Å². The van der Waals surface area contributed by atoms with Gasteiger partial charge in [-0.3, -0.25) is 4.90 Å². The highest BCUT2D eigenvalue weighted by Crippen LogP contribution is 2.13. The average Bonchev–Trinajstić information content (AvgIpc) is 2.57. The van der Waals surface area contributed by atoms with Gasteiger partial charge in [0.2, 0.25) is 0 Å². The molecule has 0 radical (unpaired) electrons. The zero-order chi connectivity index (χ0) is 16.3. The smallest absolute Gasteiger partial charge is 0.315 e. The molecule has 1 aliphatic heterocycles. The highest BCUT2D eigenvalue weighted by molar-refractivity contribution is 5.74. The minimum absolute atomic E-state index is 0.0528. The van der Waals surface area contributed by atoms with E-state index in [1.165, 1.54) is 5.56 Å². The second-order valence-electron chi connectivity index (χ2n) is 5.99. The molecule has 128 valence electrons. The quantitative estimate of drug-likeness (QED) is 0.723. The SMILES string of the molecule is CCOCCCNC(=O)NC1CCN(Cc2ccccc2)CC1. The van der Waals surface area contributed by atoms with E-state index < -0.39 is 0 Å². The number of carbonyl (C=O) groups is 1. The van der Waals surface area contributed by atoms with E-state index in [1.54, 1.807) is 0 Å². The molecule has 1 heterocycles. The first-order valence-electron chi connectivity index (χ1n) is 8.66. The molecule has 1 aromatic carbocycles. The Morgan fingerprint density at radius 2 is 2.00 bits per heavy atom. The van der Waals surface area contributed by atoms with Gasteiger partial charge in [-0.2, -0.15) is 0 Å². The fraction of sp³-hybridized carbons (Fsp3) is 0.611. The summed E-state index contributed by atoms with van der Waals surface area (Å²) in [6.07, 6.45) is 2.88. The number of rotatable bonds is 8. The number of benzene rings is 1. The Hall–Kier alpha value is -1.59. The Labute approximate surface area is 139 Å². The normalized spacial score (nSPS) is 16.2. The highest BCUT2D eigenvalue weighted by Gasteiger charge is 2.20. The monoisotopic (exact) mass is 319 g/mol. The maximum absolute atomic E-state index is 11.8. The van der Waals surface area contributed by atoms with E-state index in [9.17, 15) is 4.79 Å². The Morgan fingerprint density at radius 3 is 2.70 bits per heavy atom. The Morgan fingerprint density at radius 1 is 1.26 bits per heavy atom. The molecule has 2 rings (SSSR count). The number of likely N-dealkylation sites (tertiary alicyclic amines) is 1. The van der Waals surface area contributed by atoms with Gasteiger partial charge in [0.25, 0.3) is 0 Å². The molecule has 0 spiro atoms. The summed E-state index contributed by atoms with van der Waals surface area (Å²) in [6, 6.07) is 10.8. The summed E-state index contributed by atoms with van der Waals surface area (Å²) in [5, 5.41) is 5.97. The third-order valence-corrected chi connectivity index (χ3v) is 4.13. The van der Waals surface area contributed by atoms with Crippen molar-refractivity contribution in [2.24, 2.45) is 0 Å². The van der Waals surface area contributed by atoms with Crippen molar-refractivity contribution in [1.82, 2.24) is 15.5 Å². The van der Waals surface area contributed by atoms with Crippen molar-refractivity contribution in [3.8, 4) is 0 Å². The number of amides is 2. The zero-order valence-electron chi connectivity index (χ0n) is 14.1. The standard InChI is InChI=1S/C18H29N3O2/c1-2-23-14-6-11-19-18(22)20-17-9-12-21(13-10-17)15-16-7-4-3-5-8-16/h3-5,7-8,17H,2,6,9-15H2,1H3,(H2,19,20,22). The van der Waals surface area contributed by atoms with Crippen molar-refractivity contribution < 1.29 is 9.53 Å². The van der Waals surface area contributed by atoms with Gasteiger partial charge in [-0.15, -0.1) is 0 Å². The lowest BCUT2D eigenvalue weighted by Gasteiger charge is -2.32. The van der Waals surface area contributed by atoms with E-state index >= 15 is 0 Å². The first-order chi connectivity index (χ1) is 11.3. The number of ether oxygens (including phenoxy) is 1. The molecule has 0 saturated carbocycles. The van der Waals surface area contributed by atoms with Gasteiger partial charge in [0.15, 0.2) is 0 Å². The Bertz CT molecular complexity index is 445. The van der Waals surface area contributed by atoms with E-state index in [-0.39, 0.29) is 12.1 Å². The van der Waals surface area contributed by atoms with Crippen LogP contribution in [0.5, 0.6) is 0 Å². The summed E-state index contributed by atoms with van der Waals surface area (Å²) in [7, 11) is 0. The molecule has 5 heteroatoms. The lowest BCUT2D eigenvalue weighted by Crippen LogP contribution is -2.47. The molecule has 5 nitrogen and oxygen atoms in total. The maximum Gasteiger partial charge on any atom is 0.315 e. The largest absolute Gasteiger partial charge is 0.382 e. The van der Waals surface area contributed by atoms with Gasteiger partial charge in [0, 0.05) is 45.4 Å². The first kappa shape index (κ1) is 17.8. The molecule has 2 N–H and O–H groups in total. The van der Waals surface area contributed by atoms with Gasteiger partial charge < -0.3 is 15.4 Å². The van der Waals surface area contributed by atoms with Crippen LogP contribution < -0.4 is 10.6 Å². The molecule has 0 atom stereocenters. The summed E-state index contributed by atoms with van der Waals surface area (Å²) < 4.78 is 5.25. The summed E-state index contributed by atoms with van der Waals surface area (Å²) in [5.74, 6) is 0. The van der Waals surface area contributed by atoms with Crippen LogP contribution in [0.15, 0.2) is 30.3 Å². The minimum Gasteiger partial charge on any atom is -0.382 e. The van der Waals surface area contributed by atoms with E-state index in [2.05, 4.69) is 39.8 Å². The first-order valence-corrected chi connectivity index (χ1v) is 8.66. The van der Waals surface area contributed by atoms with Crippen molar-refractivity contribution in [1.29, 1.82) is 0 Å². The van der Waals surface area contributed by atoms with Gasteiger partial charge in [0.05, 0.1) is 0 Å². The summed E-state index contributed by atoms with van der Waals surface area (Å²) in [4.78, 5) is 14.3. The number of hydrogen-bond donors (Lipinski definition) is 2. The van der Waals surface area contributed by atoms with E-state index in [4.69, 9.17) is 4.74 Å². The lowest BCUT2D eigenvalue weighted by molar-refractivity contribution is 0.144. The van der Waals surface area contributed by atoms with Gasteiger partial charge in [-0.1, -0.05) is 30.3 Å². The summed E-state index contributed by atoms with van der Waals surface area (Å²) in [5.41, 5.74) is 1.35. The molecule has 1 aliphatic rings. The molecule has 2 amide bonds. The molecule has 23 heavy (non-hydrogen) atoms. The second kappa shape index (κ2) is 10.2. The summed E-state index contributed by atoms with van der Waals surface area (Å²) >= 11 is 0. The predicted octanol–water partition coefficient (Wildman–Crippen LogP) is 2.38. The second-order valence-corrected chi connectivity index (χ2v) is 5.99. The number of piperidine rings is 1. The number of urea groups is 1. The predicted molar refractivity (Wildman–Crippen MR) is 92.4 cm³/mol. The molecule has 0 unspecified atom stereocenters. The van der Waals surface area contributed by atoms with E-state index in [0.717, 1.165) is 45.5 Å². The van der Waals surface area contributed by atoms with Crippen molar-refractivity contribution in [2.75, 3.05) is 32.8 Å². The molecule has 0 aromatic heterocycles. The third kappa shape index (κ3) is 7.01. The number of nitrogens with zero attached hydrogens (tertiary/aromatic N) is 1. The molecule has 0 bridgehead atoms. The van der Waals surface area contributed by atoms with Crippen molar-refractivity contribution in [3.63, 3.8) is 0 Å². The van der Waals surface area contributed by atoms with Gasteiger partial charge in [-0.05, 0) is 31.7 Å². The van der Waals surface area contributed by atoms with Gasteiger partial charge in [-0.25, -0.2) is 4.79 Å². The van der Waals surface area contributed by atoms with Crippen LogP contribution in [0, 0.1) is 0 Å². The van der Waals surface area contributed by atoms with Crippen LogP contribution in [-0.4, -0.2) is 49.8 Å². The van der Waals surface area contributed by atoms with E-state index in [0.29, 0.717) is 13.2 Å². The summed E-state index contributed by atoms with van der Waals surface area (Å²) in [6.45, 7) is 7.14. The average molecular weight is 319 g/mol. The van der Waals surface area contributed by atoms with Crippen LogP contribution in [0.1, 0.15) is 31.7 Å². The highest BCUT2D eigenvalue weighted by atomic mass is 16.5. The van der Waals surface area contributed by atoms with Crippen LogP contribution in [0.25, 0.3) is 0 Å². The van der Waals surface area contributed by atoms with E-state index in [1.807, 2.05) is 13.0 Å². The van der Waals surface area contributed by atoms with Crippen LogP contribution in [0.2, 0.25) is 0 Å². The molecule has 1 fully saturated rings. The van der Waals surface area contributed by atoms with Crippen LogP contribution in [0.4, 0.5) is 4.79 Å². The van der Waals surface area contributed by atoms with Gasteiger partial charge in [0.1, 0.15) is 0 Å². The molecular weight excluding hydrogens is 290 g/mol. The lowest BCUT2D eigenvalue weighted by atomic mass is 10.0. The fourth-order valence-corrected chi connectivity index (χ4v) is 2.83. The number of nitrogens with one attached hydrogen (secondary N) is 2.